The van der Waals surface area contributed by atoms with Crippen LogP contribution in [0.15, 0.2) is 0 Å². The van der Waals surface area contributed by atoms with E-state index in [0.717, 1.165) is 0 Å². The van der Waals surface area contributed by atoms with E-state index < -0.39 is 47.4 Å². The van der Waals surface area contributed by atoms with Crippen LogP contribution < -0.4 is 0 Å². The molecule has 1 saturated carbocycles. The number of hydrogen-bond acceptors (Lipinski definition) is 5. The molecule has 2 aliphatic heterocycles. The highest BCUT2D eigenvalue weighted by Gasteiger charge is 2.80. The van der Waals surface area contributed by atoms with Gasteiger partial charge < -0.3 is 9.79 Å². The molecule has 2 saturated heterocycles. The molecule has 3 fully saturated rings. The predicted molar refractivity (Wildman–Crippen MR) is 126 cm³/mol. The van der Waals surface area contributed by atoms with Crippen molar-refractivity contribution in [3.8, 4) is 0 Å². The normalized spacial score (nSPS) is 45.6. The van der Waals surface area contributed by atoms with Crippen molar-refractivity contribution < 1.29 is 32.3 Å². The summed E-state index contributed by atoms with van der Waals surface area (Å²) in [5.74, 6) is -0.130. The SMILES string of the molecule is O=P(O)(O)OP1(=O)OC2C(Cl)(CCCl)C(Cl)(CCCl)C(O1)C(Cl)(CCCl)C2(Cl)CCCl. The Hall–Kier alpha value is 2.58. The summed E-state index contributed by atoms with van der Waals surface area (Å²) in [5.41, 5.74) is 0. The lowest BCUT2D eigenvalue weighted by Crippen LogP contribution is -2.79. The minimum atomic E-state index is -5.36. The molecule has 184 valence electrons. The molecule has 2 bridgehead atoms. The largest absolute Gasteiger partial charge is 0.484 e. The highest BCUT2D eigenvalue weighted by molar-refractivity contribution is 7.61. The van der Waals surface area contributed by atoms with Crippen molar-refractivity contribution in [2.45, 2.75) is 57.4 Å². The summed E-state index contributed by atoms with van der Waals surface area (Å²) in [6, 6.07) is 0. The molecule has 0 aromatic rings. The minimum Gasteiger partial charge on any atom is -0.302 e. The standard InChI is InChI=1S/C14H20Cl8O7P2/c15-5-1-11(19)9-13(21,3-7-17)14(22,4-8-18)10(12(11,20)2-6-16)28-31(26,27-9)29-30(23,24)25/h9-10H,1-8H2,(H2,23,24,25). The second-order valence-electron chi connectivity index (χ2n) is 7.20. The molecule has 0 aromatic heterocycles. The van der Waals surface area contributed by atoms with Crippen LogP contribution in [0.1, 0.15) is 25.7 Å². The Balaban J connectivity index is 2.89. The Bertz CT molecular complexity index is 678. The van der Waals surface area contributed by atoms with Crippen molar-refractivity contribution in [2.75, 3.05) is 23.5 Å². The summed E-state index contributed by atoms with van der Waals surface area (Å²) in [6.45, 7) is 0. The fourth-order valence-electron chi connectivity index (χ4n) is 4.29. The zero-order valence-electron chi connectivity index (χ0n) is 15.7. The molecule has 3 aliphatic rings. The van der Waals surface area contributed by atoms with Gasteiger partial charge in [0, 0.05) is 23.5 Å². The van der Waals surface area contributed by atoms with Crippen LogP contribution in [0.25, 0.3) is 0 Å². The van der Waals surface area contributed by atoms with Crippen molar-refractivity contribution in [3.05, 3.63) is 0 Å². The second kappa shape index (κ2) is 10.5. The van der Waals surface area contributed by atoms with Crippen molar-refractivity contribution in [2.24, 2.45) is 0 Å². The Labute approximate surface area is 220 Å². The zero-order chi connectivity index (χ0) is 23.9. The maximum absolute atomic E-state index is 13.4. The summed E-state index contributed by atoms with van der Waals surface area (Å²) in [4.78, 5) is 11.8. The molecular weight excluding hydrogens is 626 g/mol. The Kier molecular flexibility index (Phi) is 10.1. The first-order chi connectivity index (χ1) is 14.1. The lowest BCUT2D eigenvalue weighted by atomic mass is 9.59. The summed E-state index contributed by atoms with van der Waals surface area (Å²) in [7, 11) is -10.4. The van der Waals surface area contributed by atoms with Crippen LogP contribution in [0.3, 0.4) is 0 Å². The molecule has 7 nitrogen and oxygen atoms in total. The van der Waals surface area contributed by atoms with Gasteiger partial charge in [0.2, 0.25) is 0 Å². The molecule has 2 N–H and O–H groups in total. The van der Waals surface area contributed by atoms with E-state index in [1.54, 1.807) is 0 Å². The number of alkyl halides is 8. The van der Waals surface area contributed by atoms with E-state index in [4.69, 9.17) is 102 Å². The maximum Gasteiger partial charge on any atom is 0.484 e. The van der Waals surface area contributed by atoms with Crippen LogP contribution in [-0.2, 0) is 22.5 Å². The lowest BCUT2D eigenvalue weighted by Gasteiger charge is -2.63. The average molecular weight is 646 g/mol. The van der Waals surface area contributed by atoms with Gasteiger partial charge in [0.05, 0.1) is 19.5 Å². The van der Waals surface area contributed by atoms with Crippen LogP contribution in [0.2, 0.25) is 0 Å². The number of rotatable bonds is 10. The molecule has 0 amide bonds. The summed E-state index contributed by atoms with van der Waals surface area (Å²) < 4.78 is 40.5. The first-order valence-corrected chi connectivity index (χ1v) is 15.5. The molecule has 0 aromatic carbocycles. The van der Waals surface area contributed by atoms with Crippen molar-refractivity contribution in [1.29, 1.82) is 0 Å². The Morgan fingerprint density at radius 1 is 0.742 bits per heavy atom. The van der Waals surface area contributed by atoms with Crippen LogP contribution in [0, 0.1) is 0 Å². The number of phosphoric acid groups is 2. The quantitative estimate of drug-likeness (QED) is 0.209. The first-order valence-electron chi connectivity index (χ1n) is 8.86. The number of halogens is 8. The third kappa shape index (κ3) is 5.20. The molecule has 4 unspecified atom stereocenters. The molecular formula is C14H20Cl8O7P2. The Morgan fingerprint density at radius 3 is 1.19 bits per heavy atom. The smallest absolute Gasteiger partial charge is 0.302 e. The van der Waals surface area contributed by atoms with Gasteiger partial charge in [-0.25, -0.2) is 9.13 Å². The molecule has 1 aliphatic carbocycles. The van der Waals surface area contributed by atoms with Gasteiger partial charge in [-0.1, -0.05) is 0 Å². The number of fused-ring (bicyclic) bond motifs is 4. The molecule has 2 heterocycles. The average Bonchev–Trinajstić information content (AvgIpc) is 2.73. The van der Waals surface area contributed by atoms with Crippen LogP contribution in [-0.4, -0.2) is 65.0 Å². The zero-order valence-corrected chi connectivity index (χ0v) is 23.5. The molecule has 0 spiro atoms. The van der Waals surface area contributed by atoms with Gasteiger partial charge in [-0.2, -0.15) is 4.31 Å². The number of phosphoric ester groups is 1. The predicted octanol–water partition coefficient (Wildman–Crippen LogP) is 6.43. The van der Waals surface area contributed by atoms with E-state index >= 15 is 0 Å². The second-order valence-corrected chi connectivity index (χ2v) is 14.4. The molecule has 17 heteroatoms. The van der Waals surface area contributed by atoms with Gasteiger partial charge in [0.25, 0.3) is 0 Å². The van der Waals surface area contributed by atoms with Gasteiger partial charge in [0.15, 0.2) is 0 Å². The molecule has 31 heavy (non-hydrogen) atoms. The van der Waals surface area contributed by atoms with E-state index in [1.165, 1.54) is 0 Å². The highest BCUT2D eigenvalue weighted by Crippen LogP contribution is 2.75. The summed E-state index contributed by atoms with van der Waals surface area (Å²) in [6.07, 6.45) is -3.25. The first kappa shape index (κ1) is 29.8. The van der Waals surface area contributed by atoms with E-state index in [-0.39, 0.29) is 49.2 Å². The summed E-state index contributed by atoms with van der Waals surface area (Å²) in [5, 5.41) is 0. The number of hydrogen-bond donors (Lipinski definition) is 2. The van der Waals surface area contributed by atoms with Crippen molar-refractivity contribution in [3.63, 3.8) is 0 Å². The maximum atomic E-state index is 13.4. The molecule has 3 rings (SSSR count). The highest BCUT2D eigenvalue weighted by atomic mass is 35.5. The van der Waals surface area contributed by atoms with E-state index in [0.29, 0.717) is 0 Å². The topological polar surface area (TPSA) is 102 Å². The van der Waals surface area contributed by atoms with Gasteiger partial charge in [-0.3, -0.25) is 9.05 Å². The lowest BCUT2D eigenvalue weighted by molar-refractivity contribution is -0.00603. The third-order valence-electron chi connectivity index (χ3n) is 5.55. The summed E-state index contributed by atoms with van der Waals surface area (Å²) >= 11 is 52.2. The van der Waals surface area contributed by atoms with Gasteiger partial charge >= 0.3 is 15.6 Å². The monoisotopic (exact) mass is 642 g/mol. The van der Waals surface area contributed by atoms with E-state index in [9.17, 15) is 18.9 Å². The third-order valence-corrected chi connectivity index (χ3v) is 12.0. The molecule has 4 atom stereocenters. The van der Waals surface area contributed by atoms with Crippen LogP contribution in [0.5, 0.6) is 0 Å². The fraction of sp³-hybridized carbons (Fsp3) is 1.00. The van der Waals surface area contributed by atoms with Crippen LogP contribution >= 0.6 is 108 Å². The Morgan fingerprint density at radius 2 is 1.00 bits per heavy atom. The van der Waals surface area contributed by atoms with E-state index in [1.807, 2.05) is 0 Å². The molecule has 0 radical (unpaired) electrons. The van der Waals surface area contributed by atoms with Crippen LogP contribution in [0.4, 0.5) is 0 Å². The van der Waals surface area contributed by atoms with E-state index in [2.05, 4.69) is 4.31 Å². The van der Waals surface area contributed by atoms with Crippen molar-refractivity contribution >= 4 is 108 Å². The van der Waals surface area contributed by atoms with Gasteiger partial charge in [-0.05, 0) is 25.7 Å². The van der Waals surface area contributed by atoms with Crippen molar-refractivity contribution in [1.82, 2.24) is 0 Å². The fourth-order valence-corrected chi connectivity index (χ4v) is 10.9. The van der Waals surface area contributed by atoms with Gasteiger partial charge in [0.1, 0.15) is 12.2 Å². The van der Waals surface area contributed by atoms with Gasteiger partial charge in [-0.15, -0.1) is 92.8 Å². The minimum absolute atomic E-state index is 0.0326.